The van der Waals surface area contributed by atoms with Gasteiger partial charge in [0.25, 0.3) is 0 Å². The Hall–Kier alpha value is -1.04. The fourth-order valence-electron chi connectivity index (χ4n) is 1.80. The first kappa shape index (κ1) is 12.4. The molecule has 1 heterocycles. The molecule has 2 aromatic rings. The minimum absolute atomic E-state index is 0.477. The molecule has 1 aromatic heterocycles. The molecule has 4 nitrogen and oxygen atoms in total. The maximum Gasteiger partial charge on any atom is 0.176 e. The minimum Gasteiger partial charge on any atom is -0.493 e. The van der Waals surface area contributed by atoms with Crippen molar-refractivity contribution in [2.24, 2.45) is 0 Å². The lowest BCUT2D eigenvalue weighted by Crippen LogP contribution is -2.17. The molecular formula is C12H14BrNO3. The summed E-state index contributed by atoms with van der Waals surface area (Å²) in [5, 5.41) is 13.9. The van der Waals surface area contributed by atoms with Crippen LogP contribution in [0.3, 0.4) is 0 Å². The number of hydrogen-bond donors (Lipinski definition) is 2. The summed E-state index contributed by atoms with van der Waals surface area (Å²) in [5.41, 5.74) is 1.46. The summed E-state index contributed by atoms with van der Waals surface area (Å²) in [6.45, 7) is 0.477. The maximum absolute atomic E-state index is 10.0. The Kier molecular flexibility index (Phi) is 3.71. The number of ether oxygens (including phenoxy) is 1. The zero-order valence-corrected chi connectivity index (χ0v) is 11.2. The first-order valence-corrected chi connectivity index (χ1v) is 6.04. The van der Waals surface area contributed by atoms with Gasteiger partial charge in [0, 0.05) is 22.0 Å². The summed E-state index contributed by atoms with van der Waals surface area (Å²) in [5.74, 6) is 0.623. The average Bonchev–Trinajstić information content (AvgIpc) is 2.79. The van der Waals surface area contributed by atoms with E-state index in [4.69, 9.17) is 9.15 Å². The Labute approximate surface area is 108 Å². The van der Waals surface area contributed by atoms with Crippen LogP contribution >= 0.6 is 15.9 Å². The predicted octanol–water partition coefficient (Wildman–Crippen LogP) is 2.46. The first-order chi connectivity index (χ1) is 8.19. The molecule has 2 N–H and O–H groups in total. The number of rotatable bonds is 4. The van der Waals surface area contributed by atoms with E-state index in [2.05, 4.69) is 21.2 Å². The third-order valence-electron chi connectivity index (χ3n) is 2.64. The molecule has 0 radical (unpaired) electrons. The van der Waals surface area contributed by atoms with Crippen LogP contribution in [0.2, 0.25) is 0 Å². The van der Waals surface area contributed by atoms with E-state index in [1.165, 1.54) is 0 Å². The van der Waals surface area contributed by atoms with Gasteiger partial charge in [-0.15, -0.1) is 0 Å². The molecule has 0 saturated carbocycles. The van der Waals surface area contributed by atoms with Gasteiger partial charge in [-0.2, -0.15) is 0 Å². The highest BCUT2D eigenvalue weighted by atomic mass is 79.9. The van der Waals surface area contributed by atoms with Crippen molar-refractivity contribution in [3.05, 3.63) is 28.4 Å². The quantitative estimate of drug-likeness (QED) is 0.910. The number of aliphatic hydroxyl groups excluding tert-OH is 1. The van der Waals surface area contributed by atoms with E-state index in [0.29, 0.717) is 17.9 Å². The van der Waals surface area contributed by atoms with Crippen molar-refractivity contribution in [2.45, 2.75) is 6.10 Å². The number of furan rings is 1. The second-order valence-corrected chi connectivity index (χ2v) is 4.51. The Balaban J connectivity index is 2.59. The number of hydrogen-bond acceptors (Lipinski definition) is 4. The molecule has 92 valence electrons. The van der Waals surface area contributed by atoms with Crippen LogP contribution < -0.4 is 10.1 Å². The van der Waals surface area contributed by atoms with Gasteiger partial charge >= 0.3 is 0 Å². The van der Waals surface area contributed by atoms with E-state index in [-0.39, 0.29) is 0 Å². The van der Waals surface area contributed by atoms with Crippen LogP contribution in [-0.2, 0) is 0 Å². The smallest absolute Gasteiger partial charge is 0.176 e. The van der Waals surface area contributed by atoms with Gasteiger partial charge in [-0.3, -0.25) is 0 Å². The SMILES string of the molecule is CNCC(O)c1cc(OC)c2occc2c1Br. The lowest BCUT2D eigenvalue weighted by atomic mass is 10.1. The summed E-state index contributed by atoms with van der Waals surface area (Å²) < 4.78 is 11.5. The fraction of sp³-hybridized carbons (Fsp3) is 0.333. The molecule has 0 aliphatic rings. The Morgan fingerprint density at radius 3 is 3.00 bits per heavy atom. The standard InChI is InChI=1S/C12H14BrNO3/c1-14-6-9(15)8-5-10(16-2)12-7(11(8)13)3-4-17-12/h3-5,9,14-15H,6H2,1-2H3. The van der Waals surface area contributed by atoms with E-state index in [9.17, 15) is 5.11 Å². The molecule has 0 aliphatic heterocycles. The molecule has 1 atom stereocenters. The molecule has 0 aliphatic carbocycles. The van der Waals surface area contributed by atoms with Gasteiger partial charge in [-0.1, -0.05) is 0 Å². The van der Waals surface area contributed by atoms with E-state index < -0.39 is 6.10 Å². The van der Waals surface area contributed by atoms with E-state index in [1.807, 2.05) is 6.07 Å². The number of fused-ring (bicyclic) bond motifs is 1. The number of aliphatic hydroxyl groups is 1. The van der Waals surface area contributed by atoms with Crippen LogP contribution in [0.15, 0.2) is 27.3 Å². The van der Waals surface area contributed by atoms with Crippen molar-refractivity contribution in [2.75, 3.05) is 20.7 Å². The molecule has 0 amide bonds. The fourth-order valence-corrected chi connectivity index (χ4v) is 2.49. The summed E-state index contributed by atoms with van der Waals surface area (Å²) in [6.07, 6.45) is 1.01. The lowest BCUT2D eigenvalue weighted by Gasteiger charge is -2.14. The molecule has 17 heavy (non-hydrogen) atoms. The van der Waals surface area contributed by atoms with Crippen molar-refractivity contribution in [1.82, 2.24) is 5.32 Å². The van der Waals surface area contributed by atoms with Crippen LogP contribution in [0.5, 0.6) is 5.75 Å². The second kappa shape index (κ2) is 5.08. The van der Waals surface area contributed by atoms with Crippen molar-refractivity contribution in [3.63, 3.8) is 0 Å². The molecule has 0 spiro atoms. The van der Waals surface area contributed by atoms with Crippen LogP contribution in [0.25, 0.3) is 11.0 Å². The van der Waals surface area contributed by atoms with Crippen molar-refractivity contribution in [3.8, 4) is 5.75 Å². The number of methoxy groups -OCH3 is 1. The second-order valence-electron chi connectivity index (χ2n) is 3.72. The minimum atomic E-state index is -0.595. The van der Waals surface area contributed by atoms with Crippen LogP contribution in [0.1, 0.15) is 11.7 Å². The van der Waals surface area contributed by atoms with Gasteiger partial charge in [0.1, 0.15) is 0 Å². The highest BCUT2D eigenvalue weighted by Gasteiger charge is 2.18. The molecule has 2 rings (SSSR count). The molecule has 0 saturated heterocycles. The topological polar surface area (TPSA) is 54.6 Å². The van der Waals surface area contributed by atoms with Crippen LogP contribution in [0.4, 0.5) is 0 Å². The van der Waals surface area contributed by atoms with E-state index in [1.54, 1.807) is 26.5 Å². The van der Waals surface area contributed by atoms with Crippen LogP contribution in [-0.4, -0.2) is 25.8 Å². The van der Waals surface area contributed by atoms with Gasteiger partial charge in [0.05, 0.1) is 19.5 Å². The van der Waals surface area contributed by atoms with Gasteiger partial charge in [0.15, 0.2) is 11.3 Å². The number of halogens is 1. The van der Waals surface area contributed by atoms with Gasteiger partial charge in [-0.05, 0) is 35.1 Å². The number of likely N-dealkylation sites (N-methyl/N-ethyl adjacent to an activating group) is 1. The zero-order chi connectivity index (χ0) is 12.4. The summed E-state index contributed by atoms with van der Waals surface area (Å²) in [6, 6.07) is 3.63. The van der Waals surface area contributed by atoms with Crippen molar-refractivity contribution >= 4 is 26.9 Å². The molecule has 5 heteroatoms. The van der Waals surface area contributed by atoms with Crippen molar-refractivity contribution < 1.29 is 14.3 Å². The van der Waals surface area contributed by atoms with Crippen molar-refractivity contribution in [1.29, 1.82) is 0 Å². The summed E-state index contributed by atoms with van der Waals surface area (Å²) in [7, 11) is 3.38. The third kappa shape index (κ3) is 2.18. The maximum atomic E-state index is 10.0. The molecular weight excluding hydrogens is 286 g/mol. The monoisotopic (exact) mass is 299 g/mol. The first-order valence-electron chi connectivity index (χ1n) is 5.25. The highest BCUT2D eigenvalue weighted by Crippen LogP contribution is 2.38. The molecule has 1 unspecified atom stereocenters. The largest absolute Gasteiger partial charge is 0.493 e. The Bertz CT molecular complexity index is 524. The average molecular weight is 300 g/mol. The van der Waals surface area contributed by atoms with Gasteiger partial charge in [-0.25, -0.2) is 0 Å². The normalized spacial score (nSPS) is 12.9. The highest BCUT2D eigenvalue weighted by molar-refractivity contribution is 9.10. The number of nitrogens with one attached hydrogen (secondary N) is 1. The third-order valence-corrected chi connectivity index (χ3v) is 3.53. The van der Waals surface area contributed by atoms with E-state index in [0.717, 1.165) is 15.4 Å². The lowest BCUT2D eigenvalue weighted by molar-refractivity contribution is 0.177. The predicted molar refractivity (Wildman–Crippen MR) is 69.4 cm³/mol. The van der Waals surface area contributed by atoms with Gasteiger partial charge < -0.3 is 19.6 Å². The molecule has 1 aromatic carbocycles. The Morgan fingerprint density at radius 2 is 2.35 bits per heavy atom. The zero-order valence-electron chi connectivity index (χ0n) is 9.66. The molecule has 0 bridgehead atoms. The van der Waals surface area contributed by atoms with Gasteiger partial charge in [0.2, 0.25) is 0 Å². The molecule has 0 fully saturated rings. The van der Waals surface area contributed by atoms with E-state index >= 15 is 0 Å². The number of benzene rings is 1. The Morgan fingerprint density at radius 1 is 1.59 bits per heavy atom. The van der Waals surface area contributed by atoms with Crippen LogP contribution in [0, 0.1) is 0 Å². The summed E-state index contributed by atoms with van der Waals surface area (Å²) >= 11 is 3.49. The summed E-state index contributed by atoms with van der Waals surface area (Å²) in [4.78, 5) is 0.